The van der Waals surface area contributed by atoms with E-state index in [9.17, 15) is 8.42 Å². The molecule has 0 spiro atoms. The lowest BCUT2D eigenvalue weighted by Crippen LogP contribution is -2.13. The number of nitrogens with two attached hydrogens (primary N) is 1. The molecule has 0 unspecified atom stereocenters. The summed E-state index contributed by atoms with van der Waals surface area (Å²) >= 11 is 0. The normalized spacial score (nSPS) is 11.7. The third-order valence-corrected chi connectivity index (χ3v) is 1.13. The van der Waals surface area contributed by atoms with Crippen LogP contribution in [0.3, 0.4) is 0 Å². The second-order valence-electron chi connectivity index (χ2n) is 1.07. The lowest BCUT2D eigenvalue weighted by atomic mass is 11.5. The fourth-order valence-corrected chi connectivity index (χ4v) is 0.447. The Kier molecular flexibility index (Phi) is 2.21. The molecule has 0 aliphatic heterocycles. The zero-order valence-electron chi connectivity index (χ0n) is 3.66. The van der Waals surface area contributed by atoms with Crippen molar-refractivity contribution in [1.82, 2.24) is 0 Å². The van der Waals surface area contributed by atoms with Crippen LogP contribution in [0.2, 0.25) is 0 Å². The van der Waals surface area contributed by atoms with Crippen molar-refractivity contribution in [3.05, 3.63) is 0 Å². The van der Waals surface area contributed by atoms with Crippen LogP contribution in [0.5, 0.6) is 0 Å². The summed E-state index contributed by atoms with van der Waals surface area (Å²) in [6, 6.07) is 0. The number of hydrogen-bond donors (Lipinski definition) is 2. The van der Waals surface area contributed by atoms with Gasteiger partial charge in [0, 0.05) is 6.54 Å². The minimum Gasteiger partial charge on any atom is -0.329 e. The fraction of sp³-hybridized carbons (Fsp3) is 1.00. The van der Waals surface area contributed by atoms with Gasteiger partial charge in [0.05, 0.1) is 5.75 Å². The number of rotatable bonds is 2. The van der Waals surface area contributed by atoms with Gasteiger partial charge >= 0.3 is 0 Å². The first kappa shape index (κ1) is 6.87. The van der Waals surface area contributed by atoms with Crippen LogP contribution in [0.1, 0.15) is 0 Å². The molecule has 0 aliphatic carbocycles. The molecular weight excluding hydrogens is 120 g/mol. The van der Waals surface area contributed by atoms with Gasteiger partial charge in [-0.05, 0) is 0 Å². The molecule has 0 heterocycles. The van der Waals surface area contributed by atoms with Crippen molar-refractivity contribution in [3.63, 3.8) is 0 Å². The van der Waals surface area contributed by atoms with E-state index in [1.807, 2.05) is 0 Å². The quantitative estimate of drug-likeness (QED) is 0.458. The molecule has 4 nitrogen and oxygen atoms in total. The van der Waals surface area contributed by atoms with Crippen molar-refractivity contribution in [3.8, 4) is 0 Å². The SMILES string of the molecule is N[14CH2]CS(=O)(=O)O. The summed E-state index contributed by atoms with van der Waals surface area (Å²) < 4.78 is 27.3. The van der Waals surface area contributed by atoms with Crippen LogP contribution in [0, 0.1) is 0 Å². The van der Waals surface area contributed by atoms with E-state index in [-0.39, 0.29) is 12.3 Å². The monoisotopic (exact) mass is 127 g/mol. The van der Waals surface area contributed by atoms with Crippen molar-refractivity contribution < 1.29 is 13.0 Å². The molecule has 7 heavy (non-hydrogen) atoms. The summed E-state index contributed by atoms with van der Waals surface area (Å²) in [4.78, 5) is 0. The van der Waals surface area contributed by atoms with Crippen molar-refractivity contribution in [2.75, 3.05) is 12.3 Å². The summed E-state index contributed by atoms with van der Waals surface area (Å²) in [7, 11) is -3.80. The molecule has 0 atom stereocenters. The highest BCUT2D eigenvalue weighted by atomic mass is 32.2. The fourth-order valence-electron chi connectivity index (χ4n) is 0.149. The molecule has 0 aromatic carbocycles. The largest absolute Gasteiger partial charge is 0.329 e. The average molecular weight is 127 g/mol. The van der Waals surface area contributed by atoms with E-state index < -0.39 is 10.1 Å². The minimum atomic E-state index is -3.80. The van der Waals surface area contributed by atoms with Crippen LogP contribution in [-0.2, 0) is 10.1 Å². The molecule has 0 aliphatic rings. The van der Waals surface area contributed by atoms with Gasteiger partial charge in [-0.25, -0.2) is 0 Å². The molecule has 0 rings (SSSR count). The van der Waals surface area contributed by atoms with Crippen LogP contribution in [0.4, 0.5) is 0 Å². The molecule has 0 aromatic heterocycles. The highest BCUT2D eigenvalue weighted by Gasteiger charge is 1.98. The predicted octanol–water partition coefficient (Wildman–Crippen LogP) is -1.17. The maximum absolute atomic E-state index is 9.71. The van der Waals surface area contributed by atoms with E-state index in [1.165, 1.54) is 0 Å². The van der Waals surface area contributed by atoms with Gasteiger partial charge in [0.15, 0.2) is 0 Å². The zero-order valence-corrected chi connectivity index (χ0v) is 4.48. The van der Waals surface area contributed by atoms with Crippen LogP contribution >= 0.6 is 0 Å². The van der Waals surface area contributed by atoms with Crippen molar-refractivity contribution in [2.45, 2.75) is 0 Å². The molecule has 0 saturated carbocycles. The van der Waals surface area contributed by atoms with Gasteiger partial charge in [-0.3, -0.25) is 4.55 Å². The first-order chi connectivity index (χ1) is 3.06. The minimum absolute atomic E-state index is 0.0289. The van der Waals surface area contributed by atoms with Crippen molar-refractivity contribution in [2.24, 2.45) is 5.73 Å². The van der Waals surface area contributed by atoms with Gasteiger partial charge in [-0.2, -0.15) is 8.42 Å². The topological polar surface area (TPSA) is 80.4 Å². The smallest absolute Gasteiger partial charge is 0.266 e. The second kappa shape index (κ2) is 2.25. The van der Waals surface area contributed by atoms with E-state index in [1.54, 1.807) is 0 Å². The Labute approximate surface area is 42.1 Å². The molecule has 0 saturated heterocycles. The van der Waals surface area contributed by atoms with Crippen molar-refractivity contribution in [1.29, 1.82) is 0 Å². The summed E-state index contributed by atoms with van der Waals surface area (Å²) in [6.07, 6.45) is 0. The standard InChI is InChI=1S/C2H7NO3S/c3-1-2-7(4,5)6/h1-3H2,(H,4,5,6)/i1+2. The Morgan fingerprint density at radius 3 is 2.14 bits per heavy atom. The molecule has 0 fully saturated rings. The van der Waals surface area contributed by atoms with E-state index in [2.05, 4.69) is 0 Å². The lowest BCUT2D eigenvalue weighted by Gasteiger charge is -1.86. The Morgan fingerprint density at radius 2 is 2.14 bits per heavy atom. The van der Waals surface area contributed by atoms with Gasteiger partial charge in [0.2, 0.25) is 0 Å². The third-order valence-electron chi connectivity index (χ3n) is 0.376. The number of hydrogen-bond acceptors (Lipinski definition) is 3. The highest BCUT2D eigenvalue weighted by molar-refractivity contribution is 7.85. The molecule has 0 aromatic rings. The Balaban J connectivity index is 3.60. The molecule has 0 bridgehead atoms. The Morgan fingerprint density at radius 1 is 1.71 bits per heavy atom. The van der Waals surface area contributed by atoms with E-state index in [4.69, 9.17) is 10.3 Å². The maximum Gasteiger partial charge on any atom is 0.266 e. The summed E-state index contributed by atoms with van der Waals surface area (Å²) in [5.41, 5.74) is 4.78. The maximum atomic E-state index is 9.71. The summed E-state index contributed by atoms with van der Waals surface area (Å²) in [5.74, 6) is -0.354. The van der Waals surface area contributed by atoms with E-state index >= 15 is 0 Å². The molecule has 44 valence electrons. The van der Waals surface area contributed by atoms with Gasteiger partial charge in [-0.1, -0.05) is 0 Å². The molecule has 0 amide bonds. The third kappa shape index (κ3) is 5.87. The first-order valence-electron chi connectivity index (χ1n) is 1.71. The van der Waals surface area contributed by atoms with Gasteiger partial charge in [0.25, 0.3) is 10.1 Å². The second-order valence-corrected chi connectivity index (χ2v) is 2.65. The highest BCUT2D eigenvalue weighted by Crippen LogP contribution is 1.74. The Hall–Kier alpha value is -0.130. The Bertz CT molecular complexity index is 126. The lowest BCUT2D eigenvalue weighted by molar-refractivity contribution is 0.483. The van der Waals surface area contributed by atoms with Gasteiger partial charge in [0.1, 0.15) is 0 Å². The summed E-state index contributed by atoms with van der Waals surface area (Å²) in [5, 5.41) is 0. The average Bonchev–Trinajstić information content (AvgIpc) is 1.30. The van der Waals surface area contributed by atoms with Crippen LogP contribution in [0.15, 0.2) is 0 Å². The van der Waals surface area contributed by atoms with Crippen molar-refractivity contribution >= 4 is 10.1 Å². The van der Waals surface area contributed by atoms with Crippen LogP contribution in [-0.4, -0.2) is 25.3 Å². The van der Waals surface area contributed by atoms with Gasteiger partial charge < -0.3 is 5.73 Å². The molecule has 0 radical (unpaired) electrons. The van der Waals surface area contributed by atoms with Crippen LogP contribution < -0.4 is 5.73 Å². The molecule has 5 heteroatoms. The van der Waals surface area contributed by atoms with E-state index in [0.29, 0.717) is 0 Å². The predicted molar refractivity (Wildman–Crippen MR) is 25.5 cm³/mol. The van der Waals surface area contributed by atoms with Gasteiger partial charge in [-0.15, -0.1) is 0 Å². The zero-order chi connectivity index (χ0) is 5.91. The first-order valence-corrected chi connectivity index (χ1v) is 3.32. The molecular formula is C2H7NO3S. The van der Waals surface area contributed by atoms with Crippen LogP contribution in [0.25, 0.3) is 0 Å². The van der Waals surface area contributed by atoms with E-state index in [0.717, 1.165) is 0 Å². The summed E-state index contributed by atoms with van der Waals surface area (Å²) in [6.45, 7) is -0.0289. The molecule has 3 N–H and O–H groups in total.